The van der Waals surface area contributed by atoms with Gasteiger partial charge in [0.25, 0.3) is 0 Å². The van der Waals surface area contributed by atoms with Crippen LogP contribution in [0.1, 0.15) is 29.1 Å². The fraction of sp³-hybridized carbons (Fsp3) is 0.333. The highest BCUT2D eigenvalue weighted by molar-refractivity contribution is 6.20. The van der Waals surface area contributed by atoms with Crippen molar-refractivity contribution in [1.82, 2.24) is 9.97 Å². The molecule has 2 aromatic rings. The van der Waals surface area contributed by atoms with Gasteiger partial charge in [0.05, 0.1) is 12.5 Å². The molecule has 3 nitrogen and oxygen atoms in total. The summed E-state index contributed by atoms with van der Waals surface area (Å²) >= 11 is 6.43. The van der Waals surface area contributed by atoms with Crippen LogP contribution in [0, 0.1) is 0 Å². The van der Waals surface area contributed by atoms with Crippen LogP contribution in [0.25, 0.3) is 0 Å². The molecule has 0 aliphatic carbocycles. The minimum absolute atomic E-state index is 0.0921. The number of methoxy groups -OCH3 is 1. The van der Waals surface area contributed by atoms with Crippen molar-refractivity contribution in [2.24, 2.45) is 0 Å². The minimum Gasteiger partial charge on any atom is -0.481 e. The van der Waals surface area contributed by atoms with E-state index in [1.807, 2.05) is 6.07 Å². The predicted molar refractivity (Wildman–Crippen MR) is 76.7 cm³/mol. The fourth-order valence-electron chi connectivity index (χ4n) is 1.86. The molecule has 1 aromatic heterocycles. The Morgan fingerprint density at radius 3 is 2.58 bits per heavy atom. The van der Waals surface area contributed by atoms with Crippen LogP contribution >= 0.6 is 11.6 Å². The van der Waals surface area contributed by atoms with Crippen LogP contribution in [0.2, 0.25) is 0 Å². The van der Waals surface area contributed by atoms with Gasteiger partial charge in [-0.2, -0.15) is 0 Å². The second-order valence-corrected chi connectivity index (χ2v) is 4.85. The lowest BCUT2D eigenvalue weighted by Gasteiger charge is -2.10. The van der Waals surface area contributed by atoms with Crippen LogP contribution in [0.15, 0.2) is 36.7 Å². The maximum Gasteiger partial charge on any atom is 0.216 e. The number of halogens is 1. The predicted octanol–water partition coefficient (Wildman–Crippen LogP) is 3.57. The molecule has 100 valence electrons. The van der Waals surface area contributed by atoms with Gasteiger partial charge >= 0.3 is 0 Å². The Morgan fingerprint density at radius 2 is 1.95 bits per heavy atom. The SMILES string of the molecule is CCc1ccc(C(Cl)Cc2cc(OC)ncn2)cc1. The number of hydrogen-bond acceptors (Lipinski definition) is 3. The first-order valence-electron chi connectivity index (χ1n) is 6.30. The zero-order valence-electron chi connectivity index (χ0n) is 11.1. The summed E-state index contributed by atoms with van der Waals surface area (Å²) in [5.41, 5.74) is 3.30. The van der Waals surface area contributed by atoms with E-state index in [1.54, 1.807) is 7.11 Å². The molecule has 1 atom stereocenters. The molecule has 0 fully saturated rings. The van der Waals surface area contributed by atoms with Crippen molar-refractivity contribution in [3.05, 3.63) is 53.5 Å². The van der Waals surface area contributed by atoms with Crippen molar-refractivity contribution in [3.8, 4) is 5.88 Å². The van der Waals surface area contributed by atoms with Gasteiger partial charge in [-0.15, -0.1) is 11.6 Å². The normalized spacial score (nSPS) is 12.2. The van der Waals surface area contributed by atoms with Crippen molar-refractivity contribution < 1.29 is 4.74 Å². The van der Waals surface area contributed by atoms with Crippen molar-refractivity contribution in [1.29, 1.82) is 0 Å². The molecule has 2 rings (SSSR count). The van der Waals surface area contributed by atoms with E-state index in [1.165, 1.54) is 11.9 Å². The number of alkyl halides is 1. The molecule has 1 unspecified atom stereocenters. The Kier molecular flexibility index (Phi) is 4.74. The van der Waals surface area contributed by atoms with Gasteiger partial charge in [-0.1, -0.05) is 31.2 Å². The lowest BCUT2D eigenvalue weighted by atomic mass is 10.0. The molecule has 0 saturated carbocycles. The van der Waals surface area contributed by atoms with Crippen LogP contribution in [-0.2, 0) is 12.8 Å². The number of nitrogens with zero attached hydrogens (tertiary/aromatic N) is 2. The van der Waals surface area contributed by atoms with Crippen LogP contribution in [-0.4, -0.2) is 17.1 Å². The smallest absolute Gasteiger partial charge is 0.216 e. The van der Waals surface area contributed by atoms with E-state index in [0.717, 1.165) is 17.7 Å². The Morgan fingerprint density at radius 1 is 1.21 bits per heavy atom. The summed E-state index contributed by atoms with van der Waals surface area (Å²) in [5, 5.41) is -0.0921. The first-order valence-corrected chi connectivity index (χ1v) is 6.74. The van der Waals surface area contributed by atoms with Crippen LogP contribution in [0.5, 0.6) is 5.88 Å². The maximum absolute atomic E-state index is 6.43. The summed E-state index contributed by atoms with van der Waals surface area (Å²) in [6.45, 7) is 2.14. The number of benzene rings is 1. The van der Waals surface area contributed by atoms with Gasteiger partial charge in [-0.05, 0) is 17.5 Å². The number of aromatic nitrogens is 2. The van der Waals surface area contributed by atoms with Crippen molar-refractivity contribution in [3.63, 3.8) is 0 Å². The van der Waals surface area contributed by atoms with Gasteiger partial charge in [0, 0.05) is 18.2 Å². The first-order chi connectivity index (χ1) is 9.22. The molecule has 0 aliphatic heterocycles. The summed E-state index contributed by atoms with van der Waals surface area (Å²) in [7, 11) is 1.59. The summed E-state index contributed by atoms with van der Waals surface area (Å²) in [4.78, 5) is 8.20. The van der Waals surface area contributed by atoms with E-state index in [0.29, 0.717) is 12.3 Å². The van der Waals surface area contributed by atoms with Gasteiger partial charge in [-0.25, -0.2) is 9.97 Å². The summed E-state index contributed by atoms with van der Waals surface area (Å²) in [6.07, 6.45) is 3.19. The van der Waals surface area contributed by atoms with Gasteiger partial charge in [0.2, 0.25) is 5.88 Å². The standard InChI is InChI=1S/C15H17ClN2O/c1-3-11-4-6-12(7-5-11)14(16)8-13-9-15(19-2)18-10-17-13/h4-7,9-10,14H,3,8H2,1-2H3. The molecule has 0 N–H and O–H groups in total. The van der Waals surface area contributed by atoms with Gasteiger partial charge in [0.15, 0.2) is 0 Å². The van der Waals surface area contributed by atoms with E-state index in [4.69, 9.17) is 16.3 Å². The molecular formula is C15H17ClN2O. The number of ether oxygens (including phenoxy) is 1. The molecule has 19 heavy (non-hydrogen) atoms. The Bertz CT molecular complexity index is 528. The second kappa shape index (κ2) is 6.53. The summed E-state index contributed by atoms with van der Waals surface area (Å²) in [6, 6.07) is 10.2. The van der Waals surface area contributed by atoms with E-state index >= 15 is 0 Å². The van der Waals surface area contributed by atoms with Crippen LogP contribution in [0.4, 0.5) is 0 Å². The second-order valence-electron chi connectivity index (χ2n) is 4.32. The molecular weight excluding hydrogens is 260 g/mol. The maximum atomic E-state index is 6.43. The molecule has 0 amide bonds. The highest BCUT2D eigenvalue weighted by Crippen LogP contribution is 2.25. The number of aryl methyl sites for hydroxylation is 1. The minimum atomic E-state index is -0.0921. The van der Waals surface area contributed by atoms with Crippen molar-refractivity contribution in [2.75, 3.05) is 7.11 Å². The Labute approximate surface area is 118 Å². The molecule has 0 aliphatic rings. The van der Waals surface area contributed by atoms with E-state index < -0.39 is 0 Å². The lowest BCUT2D eigenvalue weighted by molar-refractivity contribution is 0.396. The lowest BCUT2D eigenvalue weighted by Crippen LogP contribution is -2.00. The van der Waals surface area contributed by atoms with E-state index in [9.17, 15) is 0 Å². The van der Waals surface area contributed by atoms with Gasteiger partial charge in [-0.3, -0.25) is 0 Å². The fourth-order valence-corrected chi connectivity index (χ4v) is 2.17. The van der Waals surface area contributed by atoms with Crippen LogP contribution < -0.4 is 4.74 Å². The van der Waals surface area contributed by atoms with Crippen molar-refractivity contribution in [2.45, 2.75) is 25.1 Å². The average molecular weight is 277 g/mol. The highest BCUT2D eigenvalue weighted by Gasteiger charge is 2.10. The zero-order valence-corrected chi connectivity index (χ0v) is 11.9. The molecule has 0 spiro atoms. The summed E-state index contributed by atoms with van der Waals surface area (Å²) in [5.74, 6) is 0.565. The van der Waals surface area contributed by atoms with E-state index in [2.05, 4.69) is 41.2 Å². The van der Waals surface area contributed by atoms with E-state index in [-0.39, 0.29) is 5.38 Å². The third kappa shape index (κ3) is 3.67. The largest absolute Gasteiger partial charge is 0.481 e. The van der Waals surface area contributed by atoms with Crippen LogP contribution in [0.3, 0.4) is 0 Å². The topological polar surface area (TPSA) is 35.0 Å². The number of hydrogen-bond donors (Lipinski definition) is 0. The Balaban J connectivity index is 2.08. The molecule has 1 aromatic carbocycles. The third-order valence-corrected chi connectivity index (χ3v) is 3.45. The average Bonchev–Trinajstić information content (AvgIpc) is 2.47. The zero-order chi connectivity index (χ0) is 13.7. The third-order valence-electron chi connectivity index (χ3n) is 3.05. The van der Waals surface area contributed by atoms with Crippen molar-refractivity contribution >= 4 is 11.6 Å². The molecule has 0 saturated heterocycles. The number of rotatable bonds is 5. The monoisotopic (exact) mass is 276 g/mol. The quantitative estimate of drug-likeness (QED) is 0.783. The van der Waals surface area contributed by atoms with Gasteiger partial charge < -0.3 is 4.74 Å². The highest BCUT2D eigenvalue weighted by atomic mass is 35.5. The van der Waals surface area contributed by atoms with Gasteiger partial charge in [0.1, 0.15) is 6.33 Å². The molecule has 0 radical (unpaired) electrons. The Hall–Kier alpha value is -1.61. The molecule has 0 bridgehead atoms. The summed E-state index contributed by atoms with van der Waals surface area (Å²) < 4.78 is 5.08. The molecule has 4 heteroatoms. The first kappa shape index (κ1) is 13.8. The molecule has 1 heterocycles.